The van der Waals surface area contributed by atoms with Crippen LogP contribution in [-0.4, -0.2) is 63.6 Å². The summed E-state index contributed by atoms with van der Waals surface area (Å²) in [7, 11) is -3.26. The first-order chi connectivity index (χ1) is 15.5. The van der Waals surface area contributed by atoms with Crippen LogP contribution in [0.5, 0.6) is 5.88 Å². The highest BCUT2D eigenvalue weighted by atomic mass is 32.2. The molecule has 0 bridgehead atoms. The van der Waals surface area contributed by atoms with E-state index in [4.69, 9.17) is 4.74 Å². The largest absolute Gasteiger partial charge is 0.474 e. The monoisotopic (exact) mass is 451 g/mol. The van der Waals surface area contributed by atoms with E-state index in [1.807, 2.05) is 0 Å². The topological polar surface area (TPSA) is 116 Å². The zero-order valence-electron chi connectivity index (χ0n) is 17.4. The molecule has 1 aromatic carbocycles. The molecule has 4 aromatic rings. The van der Waals surface area contributed by atoms with Crippen molar-refractivity contribution in [3.63, 3.8) is 0 Å². The van der Waals surface area contributed by atoms with E-state index in [-0.39, 0.29) is 11.0 Å². The van der Waals surface area contributed by atoms with Crippen LogP contribution in [0.3, 0.4) is 0 Å². The average Bonchev–Trinajstić information content (AvgIpc) is 3.25. The van der Waals surface area contributed by atoms with Crippen LogP contribution in [-0.2, 0) is 9.84 Å². The number of aromatic nitrogens is 6. The molecule has 1 aliphatic heterocycles. The Morgan fingerprint density at radius 3 is 2.41 bits per heavy atom. The summed E-state index contributed by atoms with van der Waals surface area (Å²) < 4.78 is 31.3. The normalized spacial score (nSPS) is 15.2. The fourth-order valence-electron chi connectivity index (χ4n) is 3.73. The van der Waals surface area contributed by atoms with E-state index in [1.54, 1.807) is 53.6 Å². The van der Waals surface area contributed by atoms with E-state index in [1.165, 1.54) is 12.6 Å². The highest BCUT2D eigenvalue weighted by Gasteiger charge is 2.24. The van der Waals surface area contributed by atoms with Gasteiger partial charge in [-0.2, -0.15) is 5.10 Å². The Morgan fingerprint density at radius 2 is 1.72 bits per heavy atom. The minimum atomic E-state index is -3.26. The molecular weight excluding hydrogens is 430 g/mol. The van der Waals surface area contributed by atoms with Crippen LogP contribution in [0.1, 0.15) is 12.8 Å². The van der Waals surface area contributed by atoms with E-state index < -0.39 is 9.84 Å². The van der Waals surface area contributed by atoms with Gasteiger partial charge < -0.3 is 9.64 Å². The third-order valence-corrected chi connectivity index (χ3v) is 6.52. The summed E-state index contributed by atoms with van der Waals surface area (Å²) in [5, 5.41) is 5.13. The SMILES string of the molecule is CS(=O)(=O)c1ccc(-n2ncc3c(OC4CCN(c5ncccn5)CC4)ncnc32)cc1. The molecule has 0 spiro atoms. The highest BCUT2D eigenvalue weighted by molar-refractivity contribution is 7.90. The molecule has 5 rings (SSSR count). The van der Waals surface area contributed by atoms with Crippen LogP contribution in [0, 0.1) is 0 Å². The Hall–Kier alpha value is -3.60. The molecular formula is C21H21N7O3S. The Kier molecular flexibility index (Phi) is 5.17. The first-order valence-corrected chi connectivity index (χ1v) is 12.1. The van der Waals surface area contributed by atoms with E-state index >= 15 is 0 Å². The van der Waals surface area contributed by atoms with Gasteiger partial charge in [-0.1, -0.05) is 0 Å². The van der Waals surface area contributed by atoms with Crippen LogP contribution in [0.25, 0.3) is 16.7 Å². The lowest BCUT2D eigenvalue weighted by atomic mass is 10.1. The first-order valence-electron chi connectivity index (χ1n) is 10.2. The molecule has 0 saturated carbocycles. The van der Waals surface area contributed by atoms with Crippen LogP contribution >= 0.6 is 0 Å². The van der Waals surface area contributed by atoms with Gasteiger partial charge in [-0.05, 0) is 30.3 Å². The Bertz CT molecular complexity index is 1330. The van der Waals surface area contributed by atoms with Gasteiger partial charge in [0.25, 0.3) is 0 Å². The molecule has 164 valence electrons. The molecule has 0 atom stereocenters. The van der Waals surface area contributed by atoms with Gasteiger partial charge in [0.1, 0.15) is 17.8 Å². The van der Waals surface area contributed by atoms with Gasteiger partial charge >= 0.3 is 0 Å². The summed E-state index contributed by atoms with van der Waals surface area (Å²) in [4.78, 5) is 19.7. The molecule has 0 amide bonds. The zero-order chi connectivity index (χ0) is 22.1. The minimum absolute atomic E-state index is 0.0189. The number of fused-ring (bicyclic) bond motifs is 1. The number of hydrogen-bond acceptors (Lipinski definition) is 9. The molecule has 1 fully saturated rings. The number of piperidine rings is 1. The number of anilines is 1. The van der Waals surface area contributed by atoms with Crippen molar-refractivity contribution >= 4 is 26.8 Å². The molecule has 0 unspecified atom stereocenters. The van der Waals surface area contributed by atoms with E-state index in [9.17, 15) is 8.42 Å². The summed E-state index contributed by atoms with van der Waals surface area (Å²) in [5.74, 6) is 1.22. The highest BCUT2D eigenvalue weighted by Crippen LogP contribution is 2.27. The van der Waals surface area contributed by atoms with Gasteiger partial charge in [0.15, 0.2) is 15.5 Å². The van der Waals surface area contributed by atoms with Crippen molar-refractivity contribution in [1.29, 1.82) is 0 Å². The smallest absolute Gasteiger partial charge is 0.228 e. The van der Waals surface area contributed by atoms with Crippen LogP contribution in [0.2, 0.25) is 0 Å². The number of sulfone groups is 1. The predicted molar refractivity (Wildman–Crippen MR) is 118 cm³/mol. The minimum Gasteiger partial charge on any atom is -0.474 e. The molecule has 0 radical (unpaired) electrons. The molecule has 32 heavy (non-hydrogen) atoms. The van der Waals surface area contributed by atoms with Crippen LogP contribution in [0.4, 0.5) is 5.95 Å². The quantitative estimate of drug-likeness (QED) is 0.449. The average molecular weight is 452 g/mol. The second-order valence-corrected chi connectivity index (χ2v) is 9.61. The lowest BCUT2D eigenvalue weighted by molar-refractivity contribution is 0.166. The fourth-order valence-corrected chi connectivity index (χ4v) is 4.36. The third-order valence-electron chi connectivity index (χ3n) is 5.39. The number of benzene rings is 1. The van der Waals surface area contributed by atoms with Crippen molar-refractivity contribution < 1.29 is 13.2 Å². The standard InChI is InChI=1S/C21H21N7O3S/c1-32(29,30)17-5-3-15(4-6-17)28-19-18(13-26-28)20(25-14-24-19)31-16-7-11-27(12-8-16)21-22-9-2-10-23-21/h2-6,9-10,13-14,16H,7-8,11-12H2,1H3. The molecule has 1 aliphatic rings. The van der Waals surface area contributed by atoms with Crippen LogP contribution < -0.4 is 9.64 Å². The summed E-state index contributed by atoms with van der Waals surface area (Å²) >= 11 is 0. The van der Waals surface area contributed by atoms with Gasteiger partial charge in [0.2, 0.25) is 11.8 Å². The Balaban J connectivity index is 1.34. The molecule has 3 aromatic heterocycles. The number of hydrogen-bond donors (Lipinski definition) is 0. The maximum absolute atomic E-state index is 11.7. The van der Waals surface area contributed by atoms with E-state index in [0.717, 1.165) is 31.9 Å². The summed E-state index contributed by atoms with van der Waals surface area (Å²) in [6.07, 6.45) is 9.46. The second-order valence-electron chi connectivity index (χ2n) is 7.59. The summed E-state index contributed by atoms with van der Waals surface area (Å²) in [6, 6.07) is 8.32. The predicted octanol–water partition coefficient (Wildman–Crippen LogP) is 2.06. The van der Waals surface area contributed by atoms with Crippen molar-refractivity contribution in [2.45, 2.75) is 23.8 Å². The number of rotatable bonds is 5. The van der Waals surface area contributed by atoms with Crippen molar-refractivity contribution in [3.05, 3.63) is 55.2 Å². The van der Waals surface area contributed by atoms with Crippen molar-refractivity contribution in [3.8, 4) is 11.6 Å². The van der Waals surface area contributed by atoms with Crippen LogP contribution in [0.15, 0.2) is 60.1 Å². The Labute approximate surface area is 184 Å². The maximum Gasteiger partial charge on any atom is 0.228 e. The Morgan fingerprint density at radius 1 is 1.00 bits per heavy atom. The zero-order valence-corrected chi connectivity index (χ0v) is 18.2. The third kappa shape index (κ3) is 3.98. The summed E-state index contributed by atoms with van der Waals surface area (Å²) in [6.45, 7) is 1.60. The van der Waals surface area contributed by atoms with Gasteiger partial charge in [-0.25, -0.2) is 33.0 Å². The lowest BCUT2D eigenvalue weighted by Gasteiger charge is -2.31. The summed E-state index contributed by atoms with van der Waals surface area (Å²) in [5.41, 5.74) is 1.30. The molecule has 11 heteroatoms. The second kappa shape index (κ2) is 8.15. The first kappa shape index (κ1) is 20.3. The van der Waals surface area contributed by atoms with Gasteiger partial charge in [0.05, 0.1) is 16.8 Å². The number of nitrogens with zero attached hydrogens (tertiary/aromatic N) is 7. The molecule has 0 N–H and O–H groups in total. The van der Waals surface area contributed by atoms with Gasteiger partial charge in [-0.3, -0.25) is 0 Å². The van der Waals surface area contributed by atoms with Crippen molar-refractivity contribution in [2.24, 2.45) is 0 Å². The lowest BCUT2D eigenvalue weighted by Crippen LogP contribution is -2.39. The molecule has 1 saturated heterocycles. The molecule has 4 heterocycles. The fraction of sp³-hybridized carbons (Fsp3) is 0.286. The van der Waals surface area contributed by atoms with Crippen molar-refractivity contribution in [2.75, 3.05) is 24.2 Å². The van der Waals surface area contributed by atoms with Gasteiger partial charge in [-0.15, -0.1) is 0 Å². The van der Waals surface area contributed by atoms with Gasteiger partial charge in [0, 0.05) is 44.6 Å². The van der Waals surface area contributed by atoms with E-state index in [2.05, 4.69) is 29.9 Å². The van der Waals surface area contributed by atoms with Crippen molar-refractivity contribution in [1.82, 2.24) is 29.7 Å². The van der Waals surface area contributed by atoms with E-state index in [0.29, 0.717) is 22.6 Å². The molecule has 10 nitrogen and oxygen atoms in total. The number of ether oxygens (including phenoxy) is 1. The molecule has 0 aliphatic carbocycles. The maximum atomic E-state index is 11.7.